The molecule has 4 rings (SSSR count). The third-order valence-corrected chi connectivity index (χ3v) is 6.21. The molecule has 0 fully saturated rings. The molecule has 0 spiro atoms. The van der Waals surface area contributed by atoms with E-state index in [1.807, 2.05) is 6.08 Å². The quantitative estimate of drug-likeness (QED) is 0.279. The lowest BCUT2D eigenvalue weighted by Gasteiger charge is -2.26. The minimum absolute atomic E-state index is 0.0466. The van der Waals surface area contributed by atoms with Crippen LogP contribution in [0.25, 0.3) is 6.08 Å². The van der Waals surface area contributed by atoms with E-state index in [9.17, 15) is 17.6 Å². The average Bonchev–Trinajstić information content (AvgIpc) is 2.85. The second kappa shape index (κ2) is 12.8. The van der Waals surface area contributed by atoms with Gasteiger partial charge in [-0.15, -0.1) is 0 Å². The van der Waals surface area contributed by atoms with E-state index in [1.54, 1.807) is 12.1 Å². The number of fused-ring (bicyclic) bond motifs is 2. The summed E-state index contributed by atoms with van der Waals surface area (Å²) in [6, 6.07) is 5.46. The molecule has 34 heavy (non-hydrogen) atoms. The fourth-order valence-electron chi connectivity index (χ4n) is 4.21. The lowest BCUT2D eigenvalue weighted by atomic mass is 9.98. The summed E-state index contributed by atoms with van der Waals surface area (Å²) < 4.78 is 64.3. The lowest BCUT2D eigenvalue weighted by Crippen LogP contribution is -2.23. The zero-order chi connectivity index (χ0) is 24.5. The summed E-state index contributed by atoms with van der Waals surface area (Å²) in [5.41, 5.74) is 1.39. The molecule has 2 heterocycles. The van der Waals surface area contributed by atoms with Gasteiger partial charge in [0, 0.05) is 5.56 Å². The minimum atomic E-state index is -0.882. The van der Waals surface area contributed by atoms with Crippen molar-refractivity contribution in [3.05, 3.63) is 64.7 Å². The van der Waals surface area contributed by atoms with E-state index in [2.05, 4.69) is 13.8 Å². The van der Waals surface area contributed by atoms with Crippen molar-refractivity contribution in [1.82, 2.24) is 0 Å². The molecule has 0 N–H and O–H groups in total. The van der Waals surface area contributed by atoms with Crippen molar-refractivity contribution < 1.29 is 27.0 Å². The Morgan fingerprint density at radius 2 is 1.41 bits per heavy atom. The lowest BCUT2D eigenvalue weighted by molar-refractivity contribution is 0.151. The monoisotopic (exact) mass is 478 g/mol. The molecule has 186 valence electrons. The van der Waals surface area contributed by atoms with Crippen LogP contribution in [0.2, 0.25) is 0 Å². The SMILES string of the molecule is CCCCCC1C=Cc2ccc(F)c(F)c2O1.CCCCCC1CCc2ccc(F)c(F)c2O1. The van der Waals surface area contributed by atoms with E-state index in [0.717, 1.165) is 69.4 Å². The normalized spacial score (nSPS) is 18.2. The number of aryl methyl sites for hydroxylation is 1. The predicted molar refractivity (Wildman–Crippen MR) is 127 cm³/mol. The van der Waals surface area contributed by atoms with Crippen molar-refractivity contribution in [3.8, 4) is 11.5 Å². The van der Waals surface area contributed by atoms with Crippen molar-refractivity contribution in [2.75, 3.05) is 0 Å². The highest BCUT2D eigenvalue weighted by molar-refractivity contribution is 5.60. The summed E-state index contributed by atoms with van der Waals surface area (Å²) in [6.45, 7) is 4.27. The van der Waals surface area contributed by atoms with Crippen molar-refractivity contribution in [1.29, 1.82) is 0 Å². The molecule has 2 aliphatic rings. The van der Waals surface area contributed by atoms with Crippen molar-refractivity contribution in [2.24, 2.45) is 0 Å². The molecule has 0 bridgehead atoms. The molecular weight excluding hydrogens is 444 g/mol. The number of hydrogen-bond acceptors (Lipinski definition) is 2. The Hall–Kier alpha value is -2.50. The summed E-state index contributed by atoms with van der Waals surface area (Å²) in [4.78, 5) is 0. The van der Waals surface area contributed by atoms with Crippen LogP contribution in [-0.2, 0) is 6.42 Å². The van der Waals surface area contributed by atoms with Crippen LogP contribution in [0.4, 0.5) is 17.6 Å². The maximum absolute atomic E-state index is 13.5. The standard InChI is InChI=1S/C14H18F2O.C14H16F2O/c2*1-2-3-4-5-11-8-6-10-7-9-12(15)13(16)14(10)17-11/h7,9,11H,2-6,8H2,1H3;6-9,11H,2-5H2,1H3. The molecule has 0 saturated heterocycles. The fourth-order valence-corrected chi connectivity index (χ4v) is 4.21. The molecule has 2 aliphatic heterocycles. The molecule has 0 aromatic heterocycles. The number of rotatable bonds is 8. The maximum Gasteiger partial charge on any atom is 0.201 e. The number of benzene rings is 2. The Morgan fingerprint density at radius 1 is 0.765 bits per heavy atom. The first kappa shape index (κ1) is 26.1. The average molecular weight is 479 g/mol. The molecular formula is C28H34F4O2. The van der Waals surface area contributed by atoms with Gasteiger partial charge in [-0.05, 0) is 68.4 Å². The first-order valence-electron chi connectivity index (χ1n) is 12.4. The van der Waals surface area contributed by atoms with Gasteiger partial charge >= 0.3 is 0 Å². The molecule has 0 radical (unpaired) electrons. The summed E-state index contributed by atoms with van der Waals surface area (Å²) >= 11 is 0. The molecule has 2 atom stereocenters. The van der Waals surface area contributed by atoms with Gasteiger partial charge in [0.2, 0.25) is 11.6 Å². The highest BCUT2D eigenvalue weighted by Crippen LogP contribution is 2.33. The van der Waals surface area contributed by atoms with E-state index in [0.29, 0.717) is 5.56 Å². The number of unbranched alkanes of at least 4 members (excludes halogenated alkanes) is 4. The van der Waals surface area contributed by atoms with Gasteiger partial charge in [-0.3, -0.25) is 0 Å². The Kier molecular flexibility index (Phi) is 9.85. The van der Waals surface area contributed by atoms with Crippen molar-refractivity contribution in [3.63, 3.8) is 0 Å². The molecule has 0 amide bonds. The Bertz CT molecular complexity index is 973. The largest absolute Gasteiger partial charge is 0.487 e. The summed E-state index contributed by atoms with van der Waals surface area (Å²) in [7, 11) is 0. The summed E-state index contributed by atoms with van der Waals surface area (Å²) in [5, 5.41) is 0. The highest BCUT2D eigenvalue weighted by atomic mass is 19.2. The molecule has 2 aromatic rings. The predicted octanol–water partition coefficient (Wildman–Crippen LogP) is 8.56. The van der Waals surface area contributed by atoms with Gasteiger partial charge in [-0.2, -0.15) is 8.78 Å². The number of halogens is 4. The van der Waals surface area contributed by atoms with Crippen LogP contribution < -0.4 is 9.47 Å². The first-order chi connectivity index (χ1) is 16.4. The van der Waals surface area contributed by atoms with Gasteiger partial charge in [-0.1, -0.05) is 51.7 Å². The van der Waals surface area contributed by atoms with Gasteiger partial charge in [0.25, 0.3) is 0 Å². The Morgan fingerprint density at radius 3 is 2.12 bits per heavy atom. The van der Waals surface area contributed by atoms with E-state index in [-0.39, 0.29) is 23.7 Å². The Labute approximate surface area is 200 Å². The zero-order valence-corrected chi connectivity index (χ0v) is 20.0. The summed E-state index contributed by atoms with van der Waals surface area (Å²) in [5.74, 6) is -3.20. The van der Waals surface area contributed by atoms with Crippen molar-refractivity contribution >= 4 is 6.08 Å². The molecule has 0 aliphatic carbocycles. The number of hydrogen-bond donors (Lipinski definition) is 0. The zero-order valence-electron chi connectivity index (χ0n) is 20.0. The smallest absolute Gasteiger partial charge is 0.201 e. The summed E-state index contributed by atoms with van der Waals surface area (Å²) in [6.07, 6.45) is 13.8. The second-order valence-corrected chi connectivity index (χ2v) is 8.91. The van der Waals surface area contributed by atoms with Crippen LogP contribution in [0.3, 0.4) is 0 Å². The van der Waals surface area contributed by atoms with Crippen LogP contribution >= 0.6 is 0 Å². The van der Waals surface area contributed by atoms with E-state index in [1.165, 1.54) is 18.6 Å². The molecule has 2 unspecified atom stereocenters. The molecule has 0 saturated carbocycles. The molecule has 2 nitrogen and oxygen atoms in total. The Balaban J connectivity index is 0.000000191. The van der Waals surface area contributed by atoms with E-state index < -0.39 is 23.3 Å². The van der Waals surface area contributed by atoms with E-state index >= 15 is 0 Å². The van der Waals surface area contributed by atoms with Crippen LogP contribution in [0.1, 0.15) is 82.8 Å². The van der Waals surface area contributed by atoms with E-state index in [4.69, 9.17) is 9.47 Å². The third-order valence-electron chi connectivity index (χ3n) is 6.21. The highest BCUT2D eigenvalue weighted by Gasteiger charge is 2.24. The van der Waals surface area contributed by atoms with Crippen molar-refractivity contribution in [2.45, 2.75) is 90.3 Å². The second-order valence-electron chi connectivity index (χ2n) is 8.91. The van der Waals surface area contributed by atoms with Gasteiger partial charge in [0.1, 0.15) is 6.10 Å². The maximum atomic E-state index is 13.5. The third kappa shape index (κ3) is 6.77. The minimum Gasteiger partial charge on any atom is -0.487 e. The van der Waals surface area contributed by atoms with Crippen LogP contribution in [0, 0.1) is 23.3 Å². The fraction of sp³-hybridized carbons (Fsp3) is 0.500. The van der Waals surface area contributed by atoms with Gasteiger partial charge in [0.05, 0.1) is 6.10 Å². The van der Waals surface area contributed by atoms with Crippen LogP contribution in [-0.4, -0.2) is 12.2 Å². The van der Waals surface area contributed by atoms with Crippen LogP contribution in [0.15, 0.2) is 30.3 Å². The van der Waals surface area contributed by atoms with Gasteiger partial charge in [-0.25, -0.2) is 8.78 Å². The number of ether oxygens (including phenoxy) is 2. The first-order valence-corrected chi connectivity index (χ1v) is 12.4. The van der Waals surface area contributed by atoms with Gasteiger partial charge in [0.15, 0.2) is 23.1 Å². The van der Waals surface area contributed by atoms with Gasteiger partial charge < -0.3 is 9.47 Å². The molecule has 6 heteroatoms. The topological polar surface area (TPSA) is 18.5 Å². The molecule has 2 aromatic carbocycles. The van der Waals surface area contributed by atoms with Crippen LogP contribution in [0.5, 0.6) is 11.5 Å².